The molecule has 0 aliphatic heterocycles. The second kappa shape index (κ2) is 7.92. The number of benzene rings is 1. The maximum Gasteiger partial charge on any atom is 0.342 e. The minimum Gasteiger partial charge on any atom is -0.493 e. The summed E-state index contributed by atoms with van der Waals surface area (Å²) >= 11 is 6.00. The van der Waals surface area contributed by atoms with Gasteiger partial charge in [0.25, 0.3) is 5.56 Å². The van der Waals surface area contributed by atoms with Gasteiger partial charge in [-0.3, -0.25) is 4.79 Å². The van der Waals surface area contributed by atoms with E-state index in [2.05, 4.69) is 4.98 Å². The van der Waals surface area contributed by atoms with Crippen LogP contribution in [0.15, 0.2) is 23.0 Å². The summed E-state index contributed by atoms with van der Waals surface area (Å²) in [6.45, 7) is 2.29. The number of carboxylic acid groups (broad SMARTS) is 2. The van der Waals surface area contributed by atoms with Gasteiger partial charge in [-0.2, -0.15) is 0 Å². The lowest BCUT2D eigenvalue weighted by molar-refractivity contribution is 0.0695. The number of nitrogens with one attached hydrogen (secondary N) is 1. The number of pyridine rings is 1. The molecule has 0 aliphatic carbocycles. The Morgan fingerprint density at radius 3 is 2.46 bits per heavy atom. The van der Waals surface area contributed by atoms with Crippen molar-refractivity contribution in [2.45, 2.75) is 19.8 Å². The molecule has 1 aromatic carbocycles. The fourth-order valence-electron chi connectivity index (χ4n) is 2.47. The first-order valence-corrected chi connectivity index (χ1v) is 8.10. The highest BCUT2D eigenvalue weighted by Gasteiger charge is 2.28. The highest BCUT2D eigenvalue weighted by Crippen LogP contribution is 2.37. The molecular formula is C17H17ClN2O6. The van der Waals surface area contributed by atoms with E-state index in [0.717, 1.165) is 12.8 Å². The fraction of sp³-hybridized carbons (Fsp3) is 0.235. The summed E-state index contributed by atoms with van der Waals surface area (Å²) in [5, 5.41) is 19.2. The van der Waals surface area contributed by atoms with E-state index in [1.165, 1.54) is 18.2 Å². The molecule has 2 rings (SSSR count). The first kappa shape index (κ1) is 19.3. The Bertz CT molecular complexity index is 922. The van der Waals surface area contributed by atoms with Crippen LogP contribution < -0.4 is 16.0 Å². The van der Waals surface area contributed by atoms with Crippen LogP contribution in [0, 0.1) is 0 Å². The van der Waals surface area contributed by atoms with E-state index in [1.807, 2.05) is 6.92 Å². The zero-order valence-corrected chi connectivity index (χ0v) is 14.6. The van der Waals surface area contributed by atoms with Crippen LogP contribution in [0.4, 0.5) is 5.82 Å². The summed E-state index contributed by atoms with van der Waals surface area (Å²) in [5.74, 6) is -3.33. The number of anilines is 1. The van der Waals surface area contributed by atoms with E-state index in [4.69, 9.17) is 22.1 Å². The second-order valence-corrected chi connectivity index (χ2v) is 5.88. The predicted octanol–water partition coefficient (Wildman–Crippen LogP) is 2.85. The molecule has 0 atom stereocenters. The van der Waals surface area contributed by atoms with Crippen LogP contribution in [0.3, 0.4) is 0 Å². The Morgan fingerprint density at radius 1 is 1.23 bits per heavy atom. The molecule has 0 spiro atoms. The van der Waals surface area contributed by atoms with Crippen LogP contribution in [0.5, 0.6) is 5.75 Å². The number of nitrogen functional groups attached to an aromatic ring is 1. The Balaban J connectivity index is 2.86. The van der Waals surface area contributed by atoms with Gasteiger partial charge in [-0.05, 0) is 24.6 Å². The van der Waals surface area contributed by atoms with Crippen LogP contribution in [0.1, 0.15) is 40.5 Å². The summed E-state index contributed by atoms with van der Waals surface area (Å²) in [6.07, 6.45) is 1.60. The molecule has 0 unspecified atom stereocenters. The van der Waals surface area contributed by atoms with Gasteiger partial charge in [0.15, 0.2) is 0 Å². The number of carbonyl (C=O) groups is 2. The summed E-state index contributed by atoms with van der Waals surface area (Å²) < 4.78 is 5.64. The van der Waals surface area contributed by atoms with Crippen molar-refractivity contribution in [3.05, 3.63) is 44.7 Å². The number of nitrogens with two attached hydrogens (primary N) is 1. The van der Waals surface area contributed by atoms with Crippen LogP contribution in [0.25, 0.3) is 11.1 Å². The van der Waals surface area contributed by atoms with Crippen molar-refractivity contribution in [3.63, 3.8) is 0 Å². The van der Waals surface area contributed by atoms with Crippen molar-refractivity contribution < 1.29 is 24.5 Å². The highest BCUT2D eigenvalue weighted by molar-refractivity contribution is 6.31. The lowest BCUT2D eigenvalue weighted by Crippen LogP contribution is -2.24. The van der Waals surface area contributed by atoms with Gasteiger partial charge < -0.3 is 25.7 Å². The molecule has 9 heteroatoms. The van der Waals surface area contributed by atoms with E-state index in [-0.39, 0.29) is 21.9 Å². The van der Waals surface area contributed by atoms with Crippen molar-refractivity contribution in [1.82, 2.24) is 4.98 Å². The first-order chi connectivity index (χ1) is 12.3. The average Bonchev–Trinajstić information content (AvgIpc) is 2.54. The quantitative estimate of drug-likeness (QED) is 0.541. The minimum absolute atomic E-state index is 0.0706. The minimum atomic E-state index is -1.59. The topological polar surface area (TPSA) is 143 Å². The molecular weight excluding hydrogens is 364 g/mol. The SMILES string of the molecule is CCCCOc1ccc(Cl)cc1-c1c(C(=O)O)c(N)[nH]c(=O)c1C(=O)O. The van der Waals surface area contributed by atoms with Crippen LogP contribution in [0.2, 0.25) is 5.02 Å². The third-order valence-corrected chi connectivity index (χ3v) is 3.87. The molecule has 0 radical (unpaired) electrons. The van der Waals surface area contributed by atoms with Gasteiger partial charge in [-0.1, -0.05) is 24.9 Å². The van der Waals surface area contributed by atoms with E-state index in [0.29, 0.717) is 6.61 Å². The highest BCUT2D eigenvalue weighted by atomic mass is 35.5. The van der Waals surface area contributed by atoms with Crippen molar-refractivity contribution >= 4 is 29.4 Å². The molecule has 26 heavy (non-hydrogen) atoms. The maximum absolute atomic E-state index is 12.1. The molecule has 0 amide bonds. The van der Waals surface area contributed by atoms with E-state index >= 15 is 0 Å². The fourth-order valence-corrected chi connectivity index (χ4v) is 2.64. The Hall–Kier alpha value is -3.00. The number of carboxylic acids is 2. The second-order valence-electron chi connectivity index (χ2n) is 5.45. The van der Waals surface area contributed by atoms with E-state index in [9.17, 15) is 24.6 Å². The average molecular weight is 381 g/mol. The van der Waals surface area contributed by atoms with Gasteiger partial charge >= 0.3 is 11.9 Å². The van der Waals surface area contributed by atoms with Gasteiger partial charge in [0.1, 0.15) is 22.7 Å². The Kier molecular flexibility index (Phi) is 5.89. The maximum atomic E-state index is 12.1. The number of aromatic nitrogens is 1. The molecule has 1 heterocycles. The molecule has 8 nitrogen and oxygen atoms in total. The van der Waals surface area contributed by atoms with Gasteiger partial charge in [-0.25, -0.2) is 9.59 Å². The molecule has 2 aromatic rings. The standard InChI is InChI=1S/C17H17ClN2O6/c1-2-3-6-26-10-5-4-8(18)7-9(10)11-12(16(22)23)14(19)20-15(21)13(11)17(24)25/h4-5,7H,2-3,6H2,1H3,(H,22,23)(H,24,25)(H3,19,20,21). The smallest absolute Gasteiger partial charge is 0.342 e. The Labute approximate surface area is 153 Å². The number of aromatic carboxylic acids is 2. The lowest BCUT2D eigenvalue weighted by Gasteiger charge is -2.16. The molecule has 0 saturated heterocycles. The molecule has 0 fully saturated rings. The predicted molar refractivity (Wildman–Crippen MR) is 96.2 cm³/mol. The van der Waals surface area contributed by atoms with Crippen molar-refractivity contribution in [2.24, 2.45) is 0 Å². The van der Waals surface area contributed by atoms with Crippen LogP contribution >= 0.6 is 11.6 Å². The van der Waals surface area contributed by atoms with Gasteiger partial charge in [0.05, 0.1) is 6.61 Å². The number of halogens is 1. The zero-order chi connectivity index (χ0) is 19.4. The molecule has 0 bridgehead atoms. The third-order valence-electron chi connectivity index (χ3n) is 3.64. The number of hydrogen-bond acceptors (Lipinski definition) is 5. The summed E-state index contributed by atoms with van der Waals surface area (Å²) in [7, 11) is 0. The van der Waals surface area contributed by atoms with Gasteiger partial charge in [0.2, 0.25) is 0 Å². The third kappa shape index (κ3) is 3.80. The number of rotatable bonds is 7. The molecule has 5 N–H and O–H groups in total. The summed E-state index contributed by atoms with van der Waals surface area (Å²) in [6, 6.07) is 4.35. The largest absolute Gasteiger partial charge is 0.493 e. The van der Waals surface area contributed by atoms with E-state index in [1.54, 1.807) is 0 Å². The number of hydrogen-bond donors (Lipinski definition) is 4. The van der Waals surface area contributed by atoms with Crippen LogP contribution in [-0.4, -0.2) is 33.7 Å². The lowest BCUT2D eigenvalue weighted by atomic mass is 9.94. The first-order valence-electron chi connectivity index (χ1n) is 7.73. The van der Waals surface area contributed by atoms with Crippen molar-refractivity contribution in [2.75, 3.05) is 12.3 Å². The molecule has 0 saturated carbocycles. The molecule has 0 aliphatic rings. The van der Waals surface area contributed by atoms with Crippen LogP contribution in [-0.2, 0) is 0 Å². The van der Waals surface area contributed by atoms with Crippen molar-refractivity contribution in [1.29, 1.82) is 0 Å². The number of unbranched alkanes of at least 4 members (excludes halogenated alkanes) is 1. The zero-order valence-electron chi connectivity index (χ0n) is 13.8. The van der Waals surface area contributed by atoms with E-state index < -0.39 is 34.4 Å². The molecule has 138 valence electrons. The van der Waals surface area contributed by atoms with Gasteiger partial charge in [-0.15, -0.1) is 0 Å². The summed E-state index contributed by atoms with van der Waals surface area (Å²) in [5.41, 5.74) is 3.05. The summed E-state index contributed by atoms with van der Waals surface area (Å²) in [4.78, 5) is 37.5. The molecule has 1 aromatic heterocycles. The normalized spacial score (nSPS) is 10.5. The number of H-pyrrole nitrogens is 1. The van der Waals surface area contributed by atoms with Crippen molar-refractivity contribution in [3.8, 4) is 16.9 Å². The number of aromatic amines is 1. The number of ether oxygens (including phenoxy) is 1. The van der Waals surface area contributed by atoms with Gasteiger partial charge in [0, 0.05) is 16.1 Å². The Morgan fingerprint density at radius 2 is 1.88 bits per heavy atom. The monoisotopic (exact) mass is 380 g/mol.